The molecule has 2 aliphatic rings. The number of fused-ring (bicyclic) bond motifs is 1. The van der Waals surface area contributed by atoms with Crippen molar-refractivity contribution in [3.05, 3.63) is 59.7 Å². The van der Waals surface area contributed by atoms with Gasteiger partial charge in [0.1, 0.15) is 23.6 Å². The Morgan fingerprint density at radius 2 is 1.77 bits per heavy atom. The first-order valence-electron chi connectivity index (χ1n) is 10.2. The minimum atomic E-state index is -0.678. The van der Waals surface area contributed by atoms with Crippen LogP contribution < -0.4 is 14.8 Å². The standard InChI is InChI=1S/C23H25N3O5/c1-30-17-8-6-15(7-9-17)12-19-23(29)26-11-10-25(14-20(26)21(27)24-19)22(28)16-4-3-5-18(13-16)31-2/h3-9,13,19-20H,10-12,14H2,1-2H3,(H,24,27)/t19-,20+/m0/s1. The number of hydrogen-bond donors (Lipinski definition) is 1. The third-order valence-electron chi connectivity index (χ3n) is 5.78. The van der Waals surface area contributed by atoms with Crippen molar-refractivity contribution in [3.8, 4) is 11.5 Å². The highest BCUT2D eigenvalue weighted by molar-refractivity contribution is 5.99. The topological polar surface area (TPSA) is 88.2 Å². The van der Waals surface area contributed by atoms with Gasteiger partial charge in [-0.1, -0.05) is 18.2 Å². The molecule has 2 atom stereocenters. The van der Waals surface area contributed by atoms with E-state index in [1.807, 2.05) is 24.3 Å². The van der Waals surface area contributed by atoms with Gasteiger partial charge in [-0.25, -0.2) is 0 Å². The van der Waals surface area contributed by atoms with Gasteiger partial charge < -0.3 is 24.6 Å². The van der Waals surface area contributed by atoms with Crippen LogP contribution in [0.3, 0.4) is 0 Å². The summed E-state index contributed by atoms with van der Waals surface area (Å²) in [5.41, 5.74) is 1.43. The molecule has 8 nitrogen and oxygen atoms in total. The molecule has 0 bridgehead atoms. The van der Waals surface area contributed by atoms with Crippen LogP contribution in [0.5, 0.6) is 11.5 Å². The van der Waals surface area contributed by atoms with Gasteiger partial charge >= 0.3 is 0 Å². The van der Waals surface area contributed by atoms with E-state index in [-0.39, 0.29) is 24.3 Å². The summed E-state index contributed by atoms with van der Waals surface area (Å²) in [7, 11) is 3.14. The van der Waals surface area contributed by atoms with Gasteiger partial charge in [0.25, 0.3) is 5.91 Å². The largest absolute Gasteiger partial charge is 0.497 e. The highest BCUT2D eigenvalue weighted by Gasteiger charge is 2.44. The van der Waals surface area contributed by atoms with Gasteiger partial charge in [-0.05, 0) is 35.9 Å². The fourth-order valence-corrected chi connectivity index (χ4v) is 4.06. The Kier molecular flexibility index (Phi) is 5.79. The average Bonchev–Trinajstić information content (AvgIpc) is 2.82. The summed E-state index contributed by atoms with van der Waals surface area (Å²) in [6.45, 7) is 0.870. The van der Waals surface area contributed by atoms with Crippen LogP contribution in [0.2, 0.25) is 0 Å². The molecule has 162 valence electrons. The van der Waals surface area contributed by atoms with Crippen molar-refractivity contribution in [2.45, 2.75) is 18.5 Å². The molecule has 2 heterocycles. The van der Waals surface area contributed by atoms with Crippen molar-refractivity contribution < 1.29 is 23.9 Å². The Morgan fingerprint density at radius 1 is 1.03 bits per heavy atom. The molecule has 2 fully saturated rings. The summed E-state index contributed by atoms with van der Waals surface area (Å²) in [4.78, 5) is 42.0. The van der Waals surface area contributed by atoms with E-state index in [9.17, 15) is 14.4 Å². The molecule has 2 aromatic rings. The Morgan fingerprint density at radius 3 is 2.48 bits per heavy atom. The number of ether oxygens (including phenoxy) is 2. The van der Waals surface area contributed by atoms with Crippen LogP contribution in [0.15, 0.2) is 48.5 Å². The number of nitrogens with zero attached hydrogens (tertiary/aromatic N) is 2. The summed E-state index contributed by atoms with van der Waals surface area (Å²) in [5, 5.41) is 2.84. The summed E-state index contributed by atoms with van der Waals surface area (Å²) in [6, 6.07) is 13.0. The van der Waals surface area contributed by atoms with Gasteiger partial charge in [0.2, 0.25) is 11.8 Å². The predicted molar refractivity (Wildman–Crippen MR) is 113 cm³/mol. The molecule has 31 heavy (non-hydrogen) atoms. The highest BCUT2D eigenvalue weighted by atomic mass is 16.5. The SMILES string of the molecule is COc1ccc(C[C@@H]2NC(=O)[C@H]3CN(C(=O)c4cccc(OC)c4)CCN3C2=O)cc1. The maximum atomic E-state index is 13.0. The molecule has 0 spiro atoms. The normalized spacial score (nSPS) is 20.7. The Labute approximate surface area is 180 Å². The molecule has 2 aromatic carbocycles. The first-order valence-corrected chi connectivity index (χ1v) is 10.2. The van der Waals surface area contributed by atoms with Gasteiger partial charge in [-0.2, -0.15) is 0 Å². The van der Waals surface area contributed by atoms with E-state index in [4.69, 9.17) is 9.47 Å². The van der Waals surface area contributed by atoms with E-state index in [2.05, 4.69) is 5.32 Å². The molecular weight excluding hydrogens is 398 g/mol. The molecule has 3 amide bonds. The van der Waals surface area contributed by atoms with Gasteiger partial charge in [0.05, 0.1) is 20.8 Å². The molecule has 0 saturated carbocycles. The highest BCUT2D eigenvalue weighted by Crippen LogP contribution is 2.22. The van der Waals surface area contributed by atoms with Crippen molar-refractivity contribution in [3.63, 3.8) is 0 Å². The second-order valence-corrected chi connectivity index (χ2v) is 7.64. The molecule has 4 rings (SSSR count). The molecule has 0 aliphatic carbocycles. The van der Waals surface area contributed by atoms with Crippen LogP contribution >= 0.6 is 0 Å². The van der Waals surface area contributed by atoms with E-state index < -0.39 is 12.1 Å². The third-order valence-corrected chi connectivity index (χ3v) is 5.78. The van der Waals surface area contributed by atoms with E-state index in [0.717, 1.165) is 11.3 Å². The van der Waals surface area contributed by atoms with Crippen molar-refractivity contribution in [2.24, 2.45) is 0 Å². The number of hydrogen-bond acceptors (Lipinski definition) is 5. The first-order chi connectivity index (χ1) is 15.0. The predicted octanol–water partition coefficient (Wildman–Crippen LogP) is 1.10. The van der Waals surface area contributed by atoms with Crippen molar-refractivity contribution >= 4 is 17.7 Å². The van der Waals surface area contributed by atoms with Gasteiger partial charge in [-0.3, -0.25) is 14.4 Å². The molecule has 8 heteroatoms. The maximum Gasteiger partial charge on any atom is 0.254 e. The van der Waals surface area contributed by atoms with Crippen molar-refractivity contribution in [2.75, 3.05) is 33.9 Å². The fraction of sp³-hybridized carbons (Fsp3) is 0.348. The van der Waals surface area contributed by atoms with Gasteiger partial charge in [0.15, 0.2) is 0 Å². The minimum Gasteiger partial charge on any atom is -0.497 e. The minimum absolute atomic E-state index is 0.117. The summed E-state index contributed by atoms with van der Waals surface area (Å²) < 4.78 is 10.3. The fourth-order valence-electron chi connectivity index (χ4n) is 4.06. The zero-order valence-corrected chi connectivity index (χ0v) is 17.5. The first kappa shape index (κ1) is 20.7. The Bertz CT molecular complexity index is 991. The lowest BCUT2D eigenvalue weighted by molar-refractivity contribution is -0.152. The number of piperazine rings is 2. The zero-order valence-electron chi connectivity index (χ0n) is 17.5. The van der Waals surface area contributed by atoms with Crippen LogP contribution in [0.4, 0.5) is 0 Å². The van der Waals surface area contributed by atoms with E-state index in [1.165, 1.54) is 0 Å². The maximum absolute atomic E-state index is 13.0. The van der Waals surface area contributed by atoms with E-state index in [1.54, 1.807) is 48.3 Å². The molecule has 0 aromatic heterocycles. The molecular formula is C23H25N3O5. The number of amides is 3. The van der Waals surface area contributed by atoms with Gasteiger partial charge in [-0.15, -0.1) is 0 Å². The summed E-state index contributed by atoms with van der Waals surface area (Å²) in [5.74, 6) is 0.797. The second kappa shape index (κ2) is 8.67. The zero-order chi connectivity index (χ0) is 22.0. The monoisotopic (exact) mass is 423 g/mol. The lowest BCUT2D eigenvalue weighted by atomic mass is 9.98. The smallest absolute Gasteiger partial charge is 0.254 e. The summed E-state index contributed by atoms with van der Waals surface area (Å²) in [6.07, 6.45) is 0.407. The van der Waals surface area contributed by atoms with Crippen LogP contribution in [0.25, 0.3) is 0 Å². The van der Waals surface area contributed by atoms with Crippen LogP contribution in [-0.4, -0.2) is 73.5 Å². The average molecular weight is 423 g/mol. The second-order valence-electron chi connectivity index (χ2n) is 7.64. The number of carbonyl (C=O) groups is 3. The molecule has 2 aliphatic heterocycles. The van der Waals surface area contributed by atoms with Crippen LogP contribution in [0, 0.1) is 0 Å². The Balaban J connectivity index is 1.44. The Hall–Kier alpha value is -3.55. The van der Waals surface area contributed by atoms with Crippen molar-refractivity contribution in [1.29, 1.82) is 0 Å². The van der Waals surface area contributed by atoms with Crippen LogP contribution in [0.1, 0.15) is 15.9 Å². The van der Waals surface area contributed by atoms with Crippen molar-refractivity contribution in [1.82, 2.24) is 15.1 Å². The molecule has 0 radical (unpaired) electrons. The van der Waals surface area contributed by atoms with E-state index in [0.29, 0.717) is 30.8 Å². The number of benzene rings is 2. The lowest BCUT2D eigenvalue weighted by Gasteiger charge is -2.45. The molecule has 2 saturated heterocycles. The third kappa shape index (κ3) is 4.19. The number of carbonyl (C=O) groups excluding carboxylic acids is 3. The van der Waals surface area contributed by atoms with Gasteiger partial charge in [0, 0.05) is 25.1 Å². The number of rotatable bonds is 5. The quantitative estimate of drug-likeness (QED) is 0.778. The lowest BCUT2D eigenvalue weighted by Crippen LogP contribution is -2.70. The molecule has 0 unspecified atom stereocenters. The number of methoxy groups -OCH3 is 2. The van der Waals surface area contributed by atoms with Crippen LogP contribution in [-0.2, 0) is 16.0 Å². The number of nitrogens with one attached hydrogen (secondary N) is 1. The summed E-state index contributed by atoms with van der Waals surface area (Å²) >= 11 is 0. The van der Waals surface area contributed by atoms with E-state index >= 15 is 0 Å². The molecule has 1 N–H and O–H groups in total.